The van der Waals surface area contributed by atoms with E-state index in [0.717, 1.165) is 43.0 Å². The van der Waals surface area contributed by atoms with Gasteiger partial charge in [-0.1, -0.05) is 29.8 Å². The Bertz CT molecular complexity index is 1230. The van der Waals surface area contributed by atoms with Crippen molar-refractivity contribution < 1.29 is 19.0 Å². The summed E-state index contributed by atoms with van der Waals surface area (Å²) in [6.07, 6.45) is 1.75. The summed E-state index contributed by atoms with van der Waals surface area (Å²) in [7, 11) is 0. The van der Waals surface area contributed by atoms with Gasteiger partial charge in [-0.3, -0.25) is 9.69 Å². The van der Waals surface area contributed by atoms with Crippen LogP contribution in [0, 0.1) is 12.7 Å². The lowest BCUT2D eigenvalue weighted by Crippen LogP contribution is -2.46. The van der Waals surface area contributed by atoms with E-state index in [2.05, 4.69) is 9.80 Å². The number of benzene rings is 3. The zero-order valence-corrected chi connectivity index (χ0v) is 18.4. The monoisotopic (exact) mass is 444 g/mol. The lowest BCUT2D eigenvalue weighted by atomic mass is 10.0. The van der Waals surface area contributed by atoms with Crippen molar-refractivity contribution in [3.8, 4) is 11.5 Å². The number of halogens is 1. The molecule has 0 atom stereocenters. The highest BCUT2D eigenvalue weighted by molar-refractivity contribution is 6.15. The molecule has 1 N–H and O–H groups in total. The second-order valence-corrected chi connectivity index (χ2v) is 8.53. The summed E-state index contributed by atoms with van der Waals surface area (Å²) in [5.74, 6) is 0.424. The Hall–Kier alpha value is -3.64. The van der Waals surface area contributed by atoms with E-state index in [9.17, 15) is 14.3 Å². The maximum Gasteiger partial charge on any atom is 0.231 e. The molecule has 0 unspecified atom stereocenters. The van der Waals surface area contributed by atoms with E-state index in [0.29, 0.717) is 23.4 Å². The van der Waals surface area contributed by atoms with E-state index in [1.807, 2.05) is 31.2 Å². The minimum Gasteiger partial charge on any atom is -0.507 e. The molecule has 0 saturated carbocycles. The predicted molar refractivity (Wildman–Crippen MR) is 126 cm³/mol. The molecule has 0 aromatic heterocycles. The van der Waals surface area contributed by atoms with Crippen molar-refractivity contribution in [2.24, 2.45) is 0 Å². The van der Waals surface area contributed by atoms with E-state index in [4.69, 9.17) is 4.74 Å². The van der Waals surface area contributed by atoms with Crippen molar-refractivity contribution in [1.82, 2.24) is 4.90 Å². The van der Waals surface area contributed by atoms with Gasteiger partial charge in [-0.2, -0.15) is 0 Å². The molecular formula is C27H25FN2O3. The molecule has 5 nitrogen and oxygen atoms in total. The van der Waals surface area contributed by atoms with Crippen LogP contribution in [0.3, 0.4) is 0 Å². The molecule has 2 aliphatic heterocycles. The van der Waals surface area contributed by atoms with Crippen LogP contribution < -0.4 is 9.64 Å². The van der Waals surface area contributed by atoms with Crippen LogP contribution in [0.25, 0.3) is 6.08 Å². The average molecular weight is 445 g/mol. The fourth-order valence-corrected chi connectivity index (χ4v) is 4.40. The summed E-state index contributed by atoms with van der Waals surface area (Å²) in [4.78, 5) is 17.4. The Balaban J connectivity index is 1.32. The lowest BCUT2D eigenvalue weighted by molar-refractivity contribution is 0.101. The van der Waals surface area contributed by atoms with Gasteiger partial charge < -0.3 is 14.7 Å². The van der Waals surface area contributed by atoms with Crippen molar-refractivity contribution in [2.45, 2.75) is 13.5 Å². The molecule has 6 heteroatoms. The van der Waals surface area contributed by atoms with Gasteiger partial charge in [0.25, 0.3) is 0 Å². The van der Waals surface area contributed by atoms with Crippen molar-refractivity contribution >= 4 is 17.5 Å². The number of aryl methyl sites for hydroxylation is 1. The van der Waals surface area contributed by atoms with Gasteiger partial charge in [-0.05, 0) is 55.0 Å². The summed E-state index contributed by atoms with van der Waals surface area (Å²) in [6, 6.07) is 17.6. The van der Waals surface area contributed by atoms with Crippen LogP contribution in [0.15, 0.2) is 66.4 Å². The molecule has 5 rings (SSSR count). The molecule has 0 aliphatic carbocycles. The van der Waals surface area contributed by atoms with E-state index in [-0.39, 0.29) is 23.1 Å². The zero-order valence-electron chi connectivity index (χ0n) is 18.4. The number of aromatic hydroxyl groups is 1. The number of ketones is 1. The molecule has 2 heterocycles. The first-order valence-electron chi connectivity index (χ1n) is 11.1. The first-order valence-corrected chi connectivity index (χ1v) is 11.1. The van der Waals surface area contributed by atoms with Crippen LogP contribution >= 0.6 is 0 Å². The number of phenols is 1. The van der Waals surface area contributed by atoms with Crippen molar-refractivity contribution in [1.29, 1.82) is 0 Å². The number of hydrogen-bond donors (Lipinski definition) is 1. The van der Waals surface area contributed by atoms with E-state index >= 15 is 0 Å². The molecule has 168 valence electrons. The number of rotatable bonds is 4. The number of hydrogen-bond acceptors (Lipinski definition) is 5. The second kappa shape index (κ2) is 8.71. The largest absolute Gasteiger partial charge is 0.507 e. The number of allylic oxidation sites excluding steroid dienone is 1. The molecule has 0 radical (unpaired) electrons. The van der Waals surface area contributed by atoms with Crippen LogP contribution in [-0.4, -0.2) is 42.0 Å². The molecule has 0 spiro atoms. The third-order valence-corrected chi connectivity index (χ3v) is 6.20. The van der Waals surface area contributed by atoms with Crippen molar-refractivity contribution in [2.75, 3.05) is 31.1 Å². The number of carbonyl (C=O) groups excluding carboxylic acids is 1. The Labute approximate surface area is 192 Å². The maximum atomic E-state index is 13.2. The van der Waals surface area contributed by atoms with Gasteiger partial charge in [0, 0.05) is 38.4 Å². The molecule has 0 amide bonds. The standard InChI is InChI=1S/C27H25FN2O3/c1-18-3-2-4-19(15-18)16-25-26(32)22-9-10-24(31)23(27(22)33-25)17-29-11-13-30(14-12-29)21-7-5-20(28)6-8-21/h2-10,15-16,31H,11-14,17H2,1H3/b25-16-. The van der Waals surface area contributed by atoms with E-state index in [1.165, 1.54) is 12.1 Å². The van der Waals surface area contributed by atoms with Gasteiger partial charge in [0.1, 0.15) is 17.3 Å². The van der Waals surface area contributed by atoms with Crippen molar-refractivity contribution in [3.05, 3.63) is 94.5 Å². The fraction of sp³-hybridized carbons (Fsp3) is 0.222. The van der Waals surface area contributed by atoms with Gasteiger partial charge in [0.05, 0.1) is 11.1 Å². The summed E-state index contributed by atoms with van der Waals surface area (Å²) in [5.41, 5.74) is 4.11. The molecular weight excluding hydrogens is 419 g/mol. The summed E-state index contributed by atoms with van der Waals surface area (Å²) in [6.45, 7) is 5.62. The first kappa shape index (κ1) is 21.2. The van der Waals surface area contributed by atoms with Crippen LogP contribution in [0.2, 0.25) is 0 Å². The fourth-order valence-electron chi connectivity index (χ4n) is 4.40. The topological polar surface area (TPSA) is 53.0 Å². The third kappa shape index (κ3) is 4.34. The number of ether oxygens (including phenoxy) is 1. The highest BCUT2D eigenvalue weighted by Crippen LogP contribution is 2.40. The first-order chi connectivity index (χ1) is 16.0. The van der Waals surface area contributed by atoms with Crippen LogP contribution in [-0.2, 0) is 6.54 Å². The molecule has 0 bridgehead atoms. The zero-order chi connectivity index (χ0) is 22.9. The molecule has 2 aliphatic rings. The smallest absolute Gasteiger partial charge is 0.231 e. The van der Waals surface area contributed by atoms with Gasteiger partial charge in [-0.15, -0.1) is 0 Å². The highest BCUT2D eigenvalue weighted by Gasteiger charge is 2.32. The van der Waals surface area contributed by atoms with Gasteiger partial charge in [0.2, 0.25) is 5.78 Å². The summed E-state index contributed by atoms with van der Waals surface area (Å²) >= 11 is 0. The number of anilines is 1. The number of Topliss-reactive ketones (excluding diaryl/α,β-unsaturated/α-hetero) is 1. The minimum atomic E-state index is -0.240. The number of piperazine rings is 1. The van der Waals surface area contributed by atoms with Crippen LogP contribution in [0.4, 0.5) is 10.1 Å². The molecule has 1 fully saturated rings. The molecule has 3 aromatic carbocycles. The van der Waals surface area contributed by atoms with Crippen LogP contribution in [0.5, 0.6) is 11.5 Å². The average Bonchev–Trinajstić information content (AvgIpc) is 3.12. The second-order valence-electron chi connectivity index (χ2n) is 8.53. The number of carbonyl (C=O) groups is 1. The number of fused-ring (bicyclic) bond motifs is 1. The quantitative estimate of drug-likeness (QED) is 0.587. The molecule has 1 saturated heterocycles. The third-order valence-electron chi connectivity index (χ3n) is 6.20. The van der Waals surface area contributed by atoms with E-state index < -0.39 is 0 Å². The van der Waals surface area contributed by atoms with Gasteiger partial charge in [0.15, 0.2) is 5.76 Å². The molecule has 3 aromatic rings. The van der Waals surface area contributed by atoms with Gasteiger partial charge >= 0.3 is 0 Å². The molecule has 33 heavy (non-hydrogen) atoms. The number of nitrogens with zero attached hydrogens (tertiary/aromatic N) is 2. The SMILES string of the molecule is Cc1cccc(/C=C2\Oc3c(ccc(O)c3CN3CCN(c4ccc(F)cc4)CC3)C2=O)c1. The summed E-state index contributed by atoms with van der Waals surface area (Å²) < 4.78 is 19.2. The minimum absolute atomic E-state index is 0.124. The normalized spacial score (nSPS) is 17.3. The highest BCUT2D eigenvalue weighted by atomic mass is 19.1. The maximum absolute atomic E-state index is 13.2. The Morgan fingerprint density at radius 1 is 1.03 bits per heavy atom. The van der Waals surface area contributed by atoms with Crippen molar-refractivity contribution in [3.63, 3.8) is 0 Å². The Morgan fingerprint density at radius 2 is 1.79 bits per heavy atom. The van der Waals surface area contributed by atoms with Crippen LogP contribution in [0.1, 0.15) is 27.0 Å². The summed E-state index contributed by atoms with van der Waals surface area (Å²) in [5, 5.41) is 10.6. The van der Waals surface area contributed by atoms with E-state index in [1.54, 1.807) is 30.3 Å². The number of phenolic OH excluding ortho intramolecular Hbond substituents is 1. The van der Waals surface area contributed by atoms with Gasteiger partial charge in [-0.25, -0.2) is 4.39 Å². The predicted octanol–water partition coefficient (Wildman–Crippen LogP) is 4.78. The lowest BCUT2D eigenvalue weighted by Gasteiger charge is -2.36. The Kier molecular flexibility index (Phi) is 5.60. The Morgan fingerprint density at radius 3 is 2.52 bits per heavy atom.